The monoisotopic (exact) mass is 296 g/mol. The molecule has 1 N–H and O–H groups in total. The molecule has 0 saturated carbocycles. The lowest BCUT2D eigenvalue weighted by Crippen LogP contribution is -2.33. The van der Waals surface area contributed by atoms with Gasteiger partial charge in [-0.05, 0) is 24.4 Å². The maximum Gasteiger partial charge on any atom is 0.257 e. The Bertz CT molecular complexity index is 518. The van der Waals surface area contributed by atoms with Crippen molar-refractivity contribution < 1.29 is 19.0 Å². The Morgan fingerprint density at radius 1 is 1.15 bits per heavy atom. The van der Waals surface area contributed by atoms with Crippen molar-refractivity contribution in [2.24, 2.45) is 0 Å². The lowest BCUT2D eigenvalue weighted by molar-refractivity contribution is 0.0974. The Balaban J connectivity index is 2.26. The van der Waals surface area contributed by atoms with Crippen molar-refractivity contribution in [2.75, 3.05) is 34.4 Å². The third-order valence-electron chi connectivity index (χ3n) is 2.88. The van der Waals surface area contributed by atoms with E-state index in [1.54, 1.807) is 12.1 Å². The minimum absolute atomic E-state index is 0.304. The third kappa shape index (κ3) is 2.93. The van der Waals surface area contributed by atoms with Crippen LogP contribution in [0.4, 0.5) is 0 Å². The molecule has 0 unspecified atom stereocenters. The van der Waals surface area contributed by atoms with E-state index in [0.717, 1.165) is 13.1 Å². The third-order valence-corrected chi connectivity index (χ3v) is 3.24. The van der Waals surface area contributed by atoms with Crippen LogP contribution in [-0.2, 0) is 0 Å². The molecule has 0 atom stereocenters. The average Bonchev–Trinajstić information content (AvgIpc) is 3.29. The number of rotatable bonds is 4. The van der Waals surface area contributed by atoms with Crippen molar-refractivity contribution in [3.05, 3.63) is 17.7 Å². The van der Waals surface area contributed by atoms with Gasteiger partial charge in [-0.3, -0.25) is 10.1 Å². The van der Waals surface area contributed by atoms with Crippen molar-refractivity contribution in [1.82, 2.24) is 10.2 Å². The van der Waals surface area contributed by atoms with E-state index in [-0.39, 0.29) is 5.91 Å². The Morgan fingerprint density at radius 3 is 2.10 bits per heavy atom. The first-order valence-electron chi connectivity index (χ1n) is 6.01. The van der Waals surface area contributed by atoms with Gasteiger partial charge in [-0.15, -0.1) is 0 Å². The highest BCUT2D eigenvalue weighted by molar-refractivity contribution is 7.80. The van der Waals surface area contributed by atoms with Gasteiger partial charge in [-0.2, -0.15) is 0 Å². The van der Waals surface area contributed by atoms with Gasteiger partial charge in [-0.1, -0.05) is 0 Å². The van der Waals surface area contributed by atoms with Crippen molar-refractivity contribution in [3.63, 3.8) is 0 Å². The van der Waals surface area contributed by atoms with Gasteiger partial charge in [0, 0.05) is 18.7 Å². The number of amides is 1. The summed E-state index contributed by atoms with van der Waals surface area (Å²) in [6.45, 7) is 1.77. The van der Waals surface area contributed by atoms with Gasteiger partial charge in [-0.25, -0.2) is 0 Å². The molecular formula is C13H16N2O4S. The predicted molar refractivity (Wildman–Crippen MR) is 77.7 cm³/mol. The molecule has 0 bridgehead atoms. The van der Waals surface area contributed by atoms with E-state index in [9.17, 15) is 4.79 Å². The summed E-state index contributed by atoms with van der Waals surface area (Å²) in [5.41, 5.74) is 0.392. The molecule has 0 spiro atoms. The van der Waals surface area contributed by atoms with E-state index in [1.165, 1.54) is 21.3 Å². The second-order valence-electron chi connectivity index (χ2n) is 4.16. The van der Waals surface area contributed by atoms with Crippen molar-refractivity contribution >= 4 is 23.2 Å². The summed E-state index contributed by atoms with van der Waals surface area (Å²) < 4.78 is 15.6. The molecule has 7 heteroatoms. The quantitative estimate of drug-likeness (QED) is 0.662. The molecule has 1 saturated heterocycles. The van der Waals surface area contributed by atoms with Crippen molar-refractivity contribution in [2.45, 2.75) is 0 Å². The summed E-state index contributed by atoms with van der Waals surface area (Å²) in [5, 5.41) is 3.10. The molecule has 1 fully saturated rings. The number of carbonyl (C=O) groups is 1. The molecule has 6 nitrogen and oxygen atoms in total. The smallest absolute Gasteiger partial charge is 0.257 e. The van der Waals surface area contributed by atoms with Crippen LogP contribution in [0.1, 0.15) is 10.4 Å². The van der Waals surface area contributed by atoms with Gasteiger partial charge in [0.25, 0.3) is 5.91 Å². The molecule has 20 heavy (non-hydrogen) atoms. The second-order valence-corrected chi connectivity index (χ2v) is 4.55. The van der Waals surface area contributed by atoms with Crippen LogP contribution in [-0.4, -0.2) is 50.3 Å². The molecular weight excluding hydrogens is 280 g/mol. The summed E-state index contributed by atoms with van der Waals surface area (Å²) in [6.07, 6.45) is 0. The van der Waals surface area contributed by atoms with Crippen LogP contribution in [0.5, 0.6) is 17.2 Å². The Morgan fingerprint density at radius 2 is 1.70 bits per heavy atom. The van der Waals surface area contributed by atoms with E-state index in [2.05, 4.69) is 5.32 Å². The van der Waals surface area contributed by atoms with Gasteiger partial charge in [0.05, 0.1) is 21.3 Å². The van der Waals surface area contributed by atoms with Gasteiger partial charge in [0.15, 0.2) is 16.6 Å². The highest BCUT2D eigenvalue weighted by Gasteiger charge is 2.23. The SMILES string of the molecule is COc1cc(C(=O)NC(=S)N2CC2)cc(OC)c1OC. The highest BCUT2D eigenvalue weighted by atomic mass is 32.1. The lowest BCUT2D eigenvalue weighted by Gasteiger charge is -2.14. The topological polar surface area (TPSA) is 59.8 Å². The standard InChI is InChI=1S/C13H16N2O4S/c1-17-9-6-8(7-10(18-2)11(9)19-3)12(16)14-13(20)15-4-5-15/h6-7H,4-5H2,1-3H3,(H,14,16,20). The summed E-state index contributed by atoms with van der Waals surface area (Å²) in [6, 6.07) is 3.17. The van der Waals surface area contributed by atoms with Gasteiger partial charge in [0.2, 0.25) is 5.75 Å². The molecule has 1 heterocycles. The van der Waals surface area contributed by atoms with Crippen LogP contribution >= 0.6 is 12.2 Å². The second kappa shape index (κ2) is 5.96. The van der Waals surface area contributed by atoms with Crippen molar-refractivity contribution in [1.29, 1.82) is 0 Å². The number of ether oxygens (including phenoxy) is 3. The molecule has 1 amide bonds. The number of nitrogens with zero attached hydrogens (tertiary/aromatic N) is 1. The highest BCUT2D eigenvalue weighted by Crippen LogP contribution is 2.38. The van der Waals surface area contributed by atoms with Crippen LogP contribution < -0.4 is 19.5 Å². The first kappa shape index (κ1) is 14.4. The number of carbonyl (C=O) groups excluding carboxylic acids is 1. The van der Waals surface area contributed by atoms with E-state index in [0.29, 0.717) is 27.9 Å². The zero-order chi connectivity index (χ0) is 14.7. The van der Waals surface area contributed by atoms with Crippen LogP contribution in [0.2, 0.25) is 0 Å². The molecule has 0 aliphatic carbocycles. The maximum atomic E-state index is 12.1. The van der Waals surface area contributed by atoms with Crippen molar-refractivity contribution in [3.8, 4) is 17.2 Å². The molecule has 0 aromatic heterocycles. The Hall–Kier alpha value is -2.02. The minimum atomic E-state index is -0.304. The zero-order valence-corrected chi connectivity index (χ0v) is 12.4. The number of nitrogens with one attached hydrogen (secondary N) is 1. The van der Waals surface area contributed by atoms with E-state index in [4.69, 9.17) is 26.4 Å². The van der Waals surface area contributed by atoms with Crippen LogP contribution in [0.3, 0.4) is 0 Å². The number of benzene rings is 1. The summed E-state index contributed by atoms with van der Waals surface area (Å²) in [7, 11) is 4.51. The van der Waals surface area contributed by atoms with Gasteiger partial charge >= 0.3 is 0 Å². The zero-order valence-electron chi connectivity index (χ0n) is 11.6. The van der Waals surface area contributed by atoms with E-state index in [1.807, 2.05) is 4.90 Å². The largest absolute Gasteiger partial charge is 0.493 e. The Labute approximate surface area is 122 Å². The minimum Gasteiger partial charge on any atom is -0.493 e. The fraction of sp³-hybridized carbons (Fsp3) is 0.385. The fourth-order valence-corrected chi connectivity index (χ4v) is 1.99. The summed E-state index contributed by atoms with van der Waals surface area (Å²) in [5.74, 6) is 0.991. The lowest BCUT2D eigenvalue weighted by atomic mass is 10.1. The molecule has 1 aromatic rings. The Kier molecular flexibility index (Phi) is 4.29. The first-order valence-corrected chi connectivity index (χ1v) is 6.41. The number of methoxy groups -OCH3 is 3. The molecule has 1 aliphatic rings. The van der Waals surface area contributed by atoms with Crippen LogP contribution in [0.15, 0.2) is 12.1 Å². The van der Waals surface area contributed by atoms with E-state index >= 15 is 0 Å². The predicted octanol–water partition coefficient (Wildman–Crippen LogP) is 1.04. The summed E-state index contributed by atoms with van der Waals surface area (Å²) in [4.78, 5) is 14.0. The van der Waals surface area contributed by atoms with Crippen LogP contribution in [0.25, 0.3) is 0 Å². The number of hydrogen-bond donors (Lipinski definition) is 1. The first-order chi connectivity index (χ1) is 9.60. The molecule has 0 radical (unpaired) electrons. The van der Waals surface area contributed by atoms with Gasteiger partial charge in [0.1, 0.15) is 0 Å². The molecule has 2 rings (SSSR count). The summed E-state index contributed by atoms with van der Waals surface area (Å²) >= 11 is 5.09. The normalized spacial score (nSPS) is 12.7. The average molecular weight is 296 g/mol. The van der Waals surface area contributed by atoms with Gasteiger partial charge < -0.3 is 19.1 Å². The number of thiocarbonyl (C=S) groups is 1. The molecule has 1 aromatic carbocycles. The van der Waals surface area contributed by atoms with Crippen LogP contribution in [0, 0.1) is 0 Å². The maximum absolute atomic E-state index is 12.1. The molecule has 108 valence electrons. The number of hydrogen-bond acceptors (Lipinski definition) is 5. The molecule has 1 aliphatic heterocycles. The van der Waals surface area contributed by atoms with E-state index < -0.39 is 0 Å². The fourth-order valence-electron chi connectivity index (χ4n) is 1.71.